The van der Waals surface area contributed by atoms with Gasteiger partial charge in [0.1, 0.15) is 17.8 Å². The molecule has 0 aliphatic carbocycles. The zero-order valence-corrected chi connectivity index (χ0v) is 18.5. The van der Waals surface area contributed by atoms with Crippen molar-refractivity contribution in [3.05, 3.63) is 53.6 Å². The van der Waals surface area contributed by atoms with Gasteiger partial charge in [-0.3, -0.25) is 0 Å². The van der Waals surface area contributed by atoms with Crippen LogP contribution in [0.2, 0.25) is 0 Å². The van der Waals surface area contributed by atoms with Crippen LogP contribution < -0.4 is 15.2 Å². The smallest absolute Gasteiger partial charge is 0.410 e. The molecule has 0 radical (unpaired) electrons. The number of nitrogens with zero attached hydrogens (tertiary/aromatic N) is 1. The second-order valence-corrected chi connectivity index (χ2v) is 9.28. The molecule has 2 N–H and O–H groups in total. The first-order valence-corrected chi connectivity index (χ1v) is 10.3. The number of carbonyl (C=O) groups excluding carboxylic acids is 1. The maximum absolute atomic E-state index is 12.8. The molecule has 2 aromatic carbocycles. The maximum Gasteiger partial charge on any atom is 0.410 e. The van der Waals surface area contributed by atoms with E-state index in [1.807, 2.05) is 57.2 Å². The molecule has 0 saturated heterocycles. The second-order valence-electron chi connectivity index (χ2n) is 9.28. The summed E-state index contributed by atoms with van der Waals surface area (Å²) in [7, 11) is 0. The number of anilines is 1. The van der Waals surface area contributed by atoms with Crippen molar-refractivity contribution in [2.75, 3.05) is 18.9 Å². The molecule has 1 aliphatic heterocycles. The molecule has 1 aliphatic rings. The molecule has 1 amide bonds. The molecule has 0 spiro atoms. The fraction of sp³-hybridized carbons (Fsp3) is 0.458. The van der Waals surface area contributed by atoms with Gasteiger partial charge in [0.15, 0.2) is 11.5 Å². The largest absolute Gasteiger partial charge is 0.488 e. The summed E-state index contributed by atoms with van der Waals surface area (Å²) in [6.45, 7) is 10.8. The Morgan fingerprint density at radius 2 is 1.93 bits per heavy atom. The van der Waals surface area contributed by atoms with Crippen LogP contribution in [0.15, 0.2) is 42.5 Å². The predicted octanol–water partition coefficient (Wildman–Crippen LogP) is 4.80. The molecular weight excluding hydrogens is 380 g/mol. The lowest BCUT2D eigenvalue weighted by Crippen LogP contribution is -2.38. The van der Waals surface area contributed by atoms with Crippen molar-refractivity contribution < 1.29 is 19.0 Å². The summed E-state index contributed by atoms with van der Waals surface area (Å²) in [5.41, 5.74) is 7.81. The summed E-state index contributed by atoms with van der Waals surface area (Å²) < 4.78 is 17.7. The van der Waals surface area contributed by atoms with Gasteiger partial charge in [0.25, 0.3) is 0 Å². The Labute approximate surface area is 178 Å². The standard InChI is InChI=1S/C24H32N2O4/c1-23(2,3)30-22(27)26(16-17-8-6-10-19(25)14-17)12-13-28-20-11-7-9-18-15-24(4,5)29-21(18)20/h6-11,14H,12-13,15-16,25H2,1-5H3. The van der Waals surface area contributed by atoms with Crippen molar-refractivity contribution in [2.45, 2.75) is 58.8 Å². The highest BCUT2D eigenvalue weighted by Crippen LogP contribution is 2.41. The summed E-state index contributed by atoms with van der Waals surface area (Å²) in [5, 5.41) is 0. The minimum Gasteiger partial charge on any atom is -0.488 e. The Balaban J connectivity index is 1.68. The van der Waals surface area contributed by atoms with Crippen LogP contribution in [0.4, 0.5) is 10.5 Å². The van der Waals surface area contributed by atoms with Gasteiger partial charge in [0, 0.05) is 24.2 Å². The van der Waals surface area contributed by atoms with Gasteiger partial charge in [0.2, 0.25) is 0 Å². The van der Waals surface area contributed by atoms with Gasteiger partial charge >= 0.3 is 6.09 Å². The fourth-order valence-corrected chi connectivity index (χ4v) is 3.44. The van der Waals surface area contributed by atoms with E-state index in [1.165, 1.54) is 0 Å². The van der Waals surface area contributed by atoms with Crippen molar-refractivity contribution in [2.24, 2.45) is 0 Å². The number of hydrogen-bond acceptors (Lipinski definition) is 5. The normalized spacial score (nSPS) is 14.6. The molecule has 0 atom stereocenters. The average molecular weight is 413 g/mol. The topological polar surface area (TPSA) is 74.0 Å². The number of nitrogen functional groups attached to an aromatic ring is 1. The van der Waals surface area contributed by atoms with Crippen LogP contribution in [-0.2, 0) is 17.7 Å². The molecular formula is C24H32N2O4. The van der Waals surface area contributed by atoms with E-state index in [0.717, 1.165) is 23.3 Å². The third kappa shape index (κ3) is 5.81. The van der Waals surface area contributed by atoms with Gasteiger partial charge in [-0.1, -0.05) is 24.3 Å². The monoisotopic (exact) mass is 412 g/mol. The summed E-state index contributed by atoms with van der Waals surface area (Å²) in [5.74, 6) is 1.49. The van der Waals surface area contributed by atoms with E-state index in [0.29, 0.717) is 31.1 Å². The van der Waals surface area contributed by atoms with Crippen LogP contribution in [-0.4, -0.2) is 35.3 Å². The minimum atomic E-state index is -0.578. The minimum absolute atomic E-state index is 0.239. The maximum atomic E-state index is 12.8. The van der Waals surface area contributed by atoms with Gasteiger partial charge < -0.3 is 24.8 Å². The van der Waals surface area contributed by atoms with Crippen LogP contribution in [0.1, 0.15) is 45.7 Å². The van der Waals surface area contributed by atoms with E-state index in [4.69, 9.17) is 19.9 Å². The van der Waals surface area contributed by atoms with E-state index in [-0.39, 0.29) is 11.7 Å². The Hall–Kier alpha value is -2.89. The Bertz CT molecular complexity index is 902. The summed E-state index contributed by atoms with van der Waals surface area (Å²) in [6, 6.07) is 13.4. The Morgan fingerprint density at radius 1 is 1.20 bits per heavy atom. The molecule has 0 fully saturated rings. The zero-order valence-electron chi connectivity index (χ0n) is 18.5. The molecule has 6 heteroatoms. The lowest BCUT2D eigenvalue weighted by atomic mass is 10.0. The first-order chi connectivity index (χ1) is 14.0. The van der Waals surface area contributed by atoms with Crippen LogP contribution in [0, 0.1) is 0 Å². The quantitative estimate of drug-likeness (QED) is 0.690. The third-order valence-corrected chi connectivity index (χ3v) is 4.65. The van der Waals surface area contributed by atoms with Crippen molar-refractivity contribution in [3.8, 4) is 11.5 Å². The number of ether oxygens (including phenoxy) is 3. The number of nitrogens with two attached hydrogens (primary N) is 1. The summed E-state index contributed by atoms with van der Waals surface area (Å²) in [4.78, 5) is 14.4. The number of benzene rings is 2. The van der Waals surface area contributed by atoms with E-state index in [9.17, 15) is 4.79 Å². The lowest BCUT2D eigenvalue weighted by molar-refractivity contribution is 0.0208. The predicted molar refractivity (Wildman–Crippen MR) is 118 cm³/mol. The highest BCUT2D eigenvalue weighted by molar-refractivity contribution is 5.68. The lowest BCUT2D eigenvalue weighted by Gasteiger charge is -2.27. The number of fused-ring (bicyclic) bond motifs is 1. The van der Waals surface area contributed by atoms with E-state index < -0.39 is 5.60 Å². The number of hydrogen-bond donors (Lipinski definition) is 1. The molecule has 30 heavy (non-hydrogen) atoms. The van der Waals surface area contributed by atoms with Crippen LogP contribution in [0.3, 0.4) is 0 Å². The molecule has 162 valence electrons. The van der Waals surface area contributed by atoms with Crippen LogP contribution in [0.5, 0.6) is 11.5 Å². The van der Waals surface area contributed by atoms with Crippen molar-refractivity contribution >= 4 is 11.8 Å². The molecule has 0 saturated carbocycles. The van der Waals surface area contributed by atoms with Crippen molar-refractivity contribution in [3.63, 3.8) is 0 Å². The van der Waals surface area contributed by atoms with Gasteiger partial charge in [-0.2, -0.15) is 0 Å². The van der Waals surface area contributed by atoms with E-state index in [1.54, 1.807) is 4.90 Å². The molecule has 3 rings (SSSR count). The van der Waals surface area contributed by atoms with E-state index in [2.05, 4.69) is 19.9 Å². The fourth-order valence-electron chi connectivity index (χ4n) is 3.44. The van der Waals surface area contributed by atoms with Crippen molar-refractivity contribution in [1.82, 2.24) is 4.90 Å². The summed E-state index contributed by atoms with van der Waals surface area (Å²) in [6.07, 6.45) is 0.461. The number of rotatable bonds is 6. The first-order valence-electron chi connectivity index (χ1n) is 10.3. The number of carbonyl (C=O) groups is 1. The SMILES string of the molecule is CC(C)(C)OC(=O)N(CCOc1cccc2c1OC(C)(C)C2)Cc1cccc(N)c1. The van der Waals surface area contributed by atoms with Crippen LogP contribution >= 0.6 is 0 Å². The molecule has 2 aromatic rings. The van der Waals surface area contributed by atoms with Gasteiger partial charge in [0.05, 0.1) is 6.54 Å². The van der Waals surface area contributed by atoms with Gasteiger partial charge in [-0.25, -0.2) is 4.79 Å². The summed E-state index contributed by atoms with van der Waals surface area (Å²) >= 11 is 0. The molecule has 6 nitrogen and oxygen atoms in total. The van der Waals surface area contributed by atoms with Gasteiger partial charge in [-0.15, -0.1) is 0 Å². The second kappa shape index (κ2) is 8.46. The van der Waals surface area contributed by atoms with E-state index >= 15 is 0 Å². The highest BCUT2D eigenvalue weighted by Gasteiger charge is 2.32. The third-order valence-electron chi connectivity index (χ3n) is 4.65. The first kappa shape index (κ1) is 21.8. The number of amides is 1. The molecule has 0 bridgehead atoms. The highest BCUT2D eigenvalue weighted by atomic mass is 16.6. The van der Waals surface area contributed by atoms with Crippen LogP contribution in [0.25, 0.3) is 0 Å². The molecule has 1 heterocycles. The number of para-hydroxylation sites is 1. The molecule has 0 aromatic heterocycles. The Morgan fingerprint density at radius 3 is 2.63 bits per heavy atom. The zero-order chi connectivity index (χ0) is 21.9. The van der Waals surface area contributed by atoms with Crippen molar-refractivity contribution in [1.29, 1.82) is 0 Å². The average Bonchev–Trinajstić information content (AvgIpc) is 2.94. The van der Waals surface area contributed by atoms with Gasteiger partial charge in [-0.05, 0) is 58.4 Å². The Kier molecular flexibility index (Phi) is 6.15. The molecule has 0 unspecified atom stereocenters.